The molecule has 0 unspecified atom stereocenters. The van der Waals surface area contributed by atoms with Crippen molar-refractivity contribution < 1.29 is 17.9 Å². The number of amides is 1. The Balaban J connectivity index is 1.42. The molecular weight excluding hydrogens is 446 g/mol. The van der Waals surface area contributed by atoms with Crippen molar-refractivity contribution in [1.82, 2.24) is 9.62 Å². The predicted molar refractivity (Wildman–Crippen MR) is 110 cm³/mol. The normalized spacial score (nSPS) is 20.4. The molecule has 0 atom stereocenters. The number of sulfonamides is 1. The third-order valence-electron chi connectivity index (χ3n) is 5.56. The van der Waals surface area contributed by atoms with Crippen LogP contribution in [0.25, 0.3) is 0 Å². The molecule has 154 valence electrons. The molecule has 0 spiro atoms. The van der Waals surface area contributed by atoms with Crippen molar-refractivity contribution in [2.75, 3.05) is 50.8 Å². The van der Waals surface area contributed by atoms with Gasteiger partial charge in [-0.2, -0.15) is 0 Å². The zero-order valence-corrected chi connectivity index (χ0v) is 18.2. The van der Waals surface area contributed by atoms with Gasteiger partial charge < -0.3 is 9.64 Å². The Bertz CT molecular complexity index is 851. The highest BCUT2D eigenvalue weighted by Crippen LogP contribution is 2.39. The summed E-state index contributed by atoms with van der Waals surface area (Å²) in [7, 11) is -3.65. The van der Waals surface area contributed by atoms with Gasteiger partial charge in [-0.15, -0.1) is 0 Å². The Kier molecular flexibility index (Phi) is 6.08. The van der Waals surface area contributed by atoms with Crippen LogP contribution in [0.1, 0.15) is 24.8 Å². The summed E-state index contributed by atoms with van der Waals surface area (Å²) in [6.07, 6.45) is 3.39. The van der Waals surface area contributed by atoms with Gasteiger partial charge in [0.15, 0.2) is 0 Å². The average molecular weight is 472 g/mol. The zero-order valence-electron chi connectivity index (χ0n) is 15.8. The zero-order chi connectivity index (χ0) is 19.7. The molecular formula is C19H26BrN3O4S. The number of rotatable bonds is 7. The summed E-state index contributed by atoms with van der Waals surface area (Å²) in [5.41, 5.74) is 1.76. The van der Waals surface area contributed by atoms with E-state index >= 15 is 0 Å². The van der Waals surface area contributed by atoms with E-state index in [1.54, 1.807) is 11.0 Å². The first-order chi connectivity index (χ1) is 13.5. The number of nitrogens with one attached hydrogen (secondary N) is 1. The third kappa shape index (κ3) is 4.43. The topological polar surface area (TPSA) is 79.0 Å². The van der Waals surface area contributed by atoms with Crippen LogP contribution in [0.4, 0.5) is 5.69 Å². The number of hydrogen-bond acceptors (Lipinski definition) is 5. The lowest BCUT2D eigenvalue weighted by Crippen LogP contribution is -2.38. The van der Waals surface area contributed by atoms with Gasteiger partial charge in [0.1, 0.15) is 0 Å². The van der Waals surface area contributed by atoms with Gasteiger partial charge in [-0.25, -0.2) is 13.1 Å². The fourth-order valence-electron chi connectivity index (χ4n) is 3.79. The maximum absolute atomic E-state index is 12.8. The van der Waals surface area contributed by atoms with E-state index in [0.717, 1.165) is 69.8 Å². The molecule has 2 fully saturated rings. The maximum atomic E-state index is 12.8. The maximum Gasteiger partial charge on any atom is 0.241 e. The number of ether oxygens (including phenoxy) is 1. The van der Waals surface area contributed by atoms with Gasteiger partial charge >= 0.3 is 0 Å². The molecule has 1 aromatic carbocycles. The molecule has 0 bridgehead atoms. The number of halogens is 1. The number of morpholine rings is 1. The van der Waals surface area contributed by atoms with E-state index in [4.69, 9.17) is 4.74 Å². The summed E-state index contributed by atoms with van der Waals surface area (Å²) in [5, 5.41) is 0. The fraction of sp³-hybridized carbons (Fsp3) is 0.632. The van der Waals surface area contributed by atoms with Gasteiger partial charge in [0.2, 0.25) is 15.9 Å². The standard InChI is InChI=1S/C19H26BrN3O4S/c20-16-12-15-4-7-23(19(24)14-2-3-14)17(15)13-18(16)28(25,26)21-5-1-6-22-8-10-27-11-9-22/h12-14,21H,1-11H2. The second-order valence-corrected chi connectivity index (χ2v) is 10.2. The summed E-state index contributed by atoms with van der Waals surface area (Å²) in [6.45, 7) is 5.14. The molecule has 1 N–H and O–H groups in total. The first kappa shape index (κ1) is 20.3. The van der Waals surface area contributed by atoms with Gasteiger partial charge in [0, 0.05) is 42.3 Å². The van der Waals surface area contributed by atoms with E-state index in [9.17, 15) is 13.2 Å². The van der Waals surface area contributed by atoms with Crippen LogP contribution in [0.3, 0.4) is 0 Å². The molecule has 7 nitrogen and oxygen atoms in total. The van der Waals surface area contributed by atoms with Crippen molar-refractivity contribution in [2.24, 2.45) is 5.92 Å². The van der Waals surface area contributed by atoms with Gasteiger partial charge in [-0.1, -0.05) is 0 Å². The van der Waals surface area contributed by atoms with Crippen LogP contribution in [0.15, 0.2) is 21.5 Å². The van der Waals surface area contributed by atoms with Crippen molar-refractivity contribution in [3.05, 3.63) is 22.2 Å². The Morgan fingerprint density at radius 2 is 1.96 bits per heavy atom. The smallest absolute Gasteiger partial charge is 0.241 e. The lowest BCUT2D eigenvalue weighted by Gasteiger charge is -2.26. The van der Waals surface area contributed by atoms with E-state index in [2.05, 4.69) is 25.6 Å². The van der Waals surface area contributed by atoms with Crippen molar-refractivity contribution in [2.45, 2.75) is 30.6 Å². The Morgan fingerprint density at radius 3 is 2.68 bits per heavy atom. The van der Waals surface area contributed by atoms with Gasteiger partial charge in [-0.3, -0.25) is 9.69 Å². The molecule has 1 aliphatic carbocycles. The molecule has 3 aliphatic rings. The van der Waals surface area contributed by atoms with Crippen LogP contribution in [0.2, 0.25) is 0 Å². The van der Waals surface area contributed by atoms with Crippen LogP contribution in [-0.4, -0.2) is 65.2 Å². The number of nitrogens with zero attached hydrogens (tertiary/aromatic N) is 2. The van der Waals surface area contributed by atoms with Crippen LogP contribution in [-0.2, 0) is 26.0 Å². The molecule has 9 heteroatoms. The van der Waals surface area contributed by atoms with Crippen molar-refractivity contribution in [1.29, 1.82) is 0 Å². The molecule has 1 saturated heterocycles. The molecule has 1 aromatic rings. The number of anilines is 1. The monoisotopic (exact) mass is 471 g/mol. The molecule has 2 heterocycles. The molecule has 2 aliphatic heterocycles. The minimum atomic E-state index is -3.65. The predicted octanol–water partition coefficient (Wildman–Crippen LogP) is 1.75. The number of hydrogen-bond donors (Lipinski definition) is 1. The summed E-state index contributed by atoms with van der Waals surface area (Å²) >= 11 is 3.41. The van der Waals surface area contributed by atoms with Gasteiger partial charge in [-0.05, 0) is 65.9 Å². The molecule has 0 aromatic heterocycles. The second kappa shape index (κ2) is 8.39. The number of carbonyl (C=O) groups is 1. The quantitative estimate of drug-likeness (QED) is 0.612. The van der Waals surface area contributed by atoms with Gasteiger partial charge in [0.25, 0.3) is 0 Å². The van der Waals surface area contributed by atoms with E-state index < -0.39 is 10.0 Å². The lowest BCUT2D eigenvalue weighted by atomic mass is 10.2. The van der Waals surface area contributed by atoms with Gasteiger partial charge in [0.05, 0.1) is 18.1 Å². The Hall–Kier alpha value is -1.00. The minimum absolute atomic E-state index is 0.118. The third-order valence-corrected chi connectivity index (χ3v) is 7.98. The van der Waals surface area contributed by atoms with E-state index in [-0.39, 0.29) is 16.7 Å². The van der Waals surface area contributed by atoms with Crippen molar-refractivity contribution in [3.63, 3.8) is 0 Å². The average Bonchev–Trinajstić information content (AvgIpc) is 3.45. The highest BCUT2D eigenvalue weighted by molar-refractivity contribution is 9.10. The minimum Gasteiger partial charge on any atom is -0.379 e. The van der Waals surface area contributed by atoms with Crippen LogP contribution < -0.4 is 9.62 Å². The number of carbonyl (C=O) groups excluding carboxylic acids is 1. The summed E-state index contributed by atoms with van der Waals surface area (Å²) in [5.74, 6) is 0.246. The number of fused-ring (bicyclic) bond motifs is 1. The second-order valence-electron chi connectivity index (χ2n) is 7.63. The first-order valence-corrected chi connectivity index (χ1v) is 12.2. The molecule has 28 heavy (non-hydrogen) atoms. The summed E-state index contributed by atoms with van der Waals surface area (Å²) < 4.78 is 34.3. The molecule has 0 radical (unpaired) electrons. The summed E-state index contributed by atoms with van der Waals surface area (Å²) in [6, 6.07) is 3.49. The van der Waals surface area contributed by atoms with E-state index in [0.29, 0.717) is 17.6 Å². The highest BCUT2D eigenvalue weighted by atomic mass is 79.9. The molecule has 4 rings (SSSR count). The Morgan fingerprint density at radius 1 is 1.21 bits per heavy atom. The van der Waals surface area contributed by atoms with Crippen molar-refractivity contribution >= 4 is 37.5 Å². The highest BCUT2D eigenvalue weighted by Gasteiger charge is 2.37. The van der Waals surface area contributed by atoms with Crippen molar-refractivity contribution in [3.8, 4) is 0 Å². The largest absolute Gasteiger partial charge is 0.379 e. The SMILES string of the molecule is O=C(C1CC1)N1CCc2cc(Br)c(S(=O)(=O)NCCCN3CCOCC3)cc21. The van der Waals surface area contributed by atoms with Crippen LogP contribution in [0, 0.1) is 5.92 Å². The lowest BCUT2D eigenvalue weighted by molar-refractivity contribution is -0.119. The van der Waals surface area contributed by atoms with Crippen LogP contribution in [0.5, 0.6) is 0 Å². The van der Waals surface area contributed by atoms with Crippen LogP contribution >= 0.6 is 15.9 Å². The van der Waals surface area contributed by atoms with E-state index in [1.165, 1.54) is 0 Å². The Labute approximate surface area is 174 Å². The number of benzene rings is 1. The first-order valence-electron chi connectivity index (χ1n) is 9.89. The summed E-state index contributed by atoms with van der Waals surface area (Å²) in [4.78, 5) is 16.8. The molecule has 1 saturated carbocycles. The van der Waals surface area contributed by atoms with E-state index in [1.807, 2.05) is 6.07 Å². The fourth-order valence-corrected chi connectivity index (χ4v) is 5.97. The molecule has 1 amide bonds.